The number of quaternary nitrogens is 2. The van der Waals surface area contributed by atoms with Crippen molar-refractivity contribution in [1.29, 1.82) is 0 Å². The summed E-state index contributed by atoms with van der Waals surface area (Å²) in [7, 11) is 0. The fourth-order valence-electron chi connectivity index (χ4n) is 4.15. The molecule has 1 fully saturated rings. The minimum absolute atomic E-state index is 0.180. The maximum atomic E-state index is 12.8. The molecule has 3 N–H and O–H groups in total. The van der Waals surface area contributed by atoms with Crippen LogP contribution in [0, 0.1) is 0 Å². The molecule has 5 nitrogen and oxygen atoms in total. The van der Waals surface area contributed by atoms with E-state index in [0.29, 0.717) is 0 Å². The number of nitrogens with one attached hydrogen (secondary N) is 3. The summed E-state index contributed by atoms with van der Waals surface area (Å²) in [6, 6.07) is 11.2. The van der Waals surface area contributed by atoms with E-state index in [4.69, 9.17) is 4.74 Å². The number of hydrogen-bond donors (Lipinski definition) is 3. The number of hydrogen-bond acceptors (Lipinski definition) is 2. The van der Waals surface area contributed by atoms with E-state index in [0.717, 1.165) is 68.5 Å². The Morgan fingerprint density at radius 2 is 1.80 bits per heavy atom. The Morgan fingerprint density at radius 3 is 2.57 bits per heavy atom. The molecule has 0 aliphatic carbocycles. The number of amides is 1. The van der Waals surface area contributed by atoms with Crippen molar-refractivity contribution in [2.45, 2.75) is 19.1 Å². The fourth-order valence-corrected chi connectivity index (χ4v) is 4.15. The number of carbonyl (C=O) groups is 1. The predicted octanol–water partition coefficient (Wildman–Crippen LogP) is 0.562. The Kier molecular flexibility index (Phi) is 5.97. The molecule has 2 aliphatic rings. The quantitative estimate of drug-likeness (QED) is 0.661. The molecule has 2 heterocycles. The van der Waals surface area contributed by atoms with E-state index >= 15 is 0 Å². The van der Waals surface area contributed by atoms with Crippen molar-refractivity contribution in [3.05, 3.63) is 59.2 Å². The second-order valence-corrected chi connectivity index (χ2v) is 8.02. The van der Waals surface area contributed by atoms with Crippen LogP contribution in [0.5, 0.6) is 5.75 Å². The molecule has 1 saturated heterocycles. The molecule has 0 spiro atoms. The molecular formula is C22H26F3N3O2+2. The van der Waals surface area contributed by atoms with Gasteiger partial charge in [-0.2, -0.15) is 13.2 Å². The topological polar surface area (TPSA) is 47.2 Å². The van der Waals surface area contributed by atoms with Crippen LogP contribution < -0.4 is 19.9 Å². The summed E-state index contributed by atoms with van der Waals surface area (Å²) in [5.41, 5.74) is 2.00. The van der Waals surface area contributed by atoms with Crippen LogP contribution in [0.2, 0.25) is 0 Å². The first kappa shape index (κ1) is 20.7. The summed E-state index contributed by atoms with van der Waals surface area (Å²) < 4.78 is 44.0. The van der Waals surface area contributed by atoms with Crippen molar-refractivity contribution in [1.82, 2.24) is 0 Å². The van der Waals surface area contributed by atoms with Crippen LogP contribution in [0.25, 0.3) is 0 Å². The van der Waals surface area contributed by atoms with Gasteiger partial charge in [0, 0.05) is 17.7 Å². The molecule has 30 heavy (non-hydrogen) atoms. The average molecular weight is 421 g/mol. The number of anilines is 1. The molecule has 2 aromatic rings. The molecule has 0 saturated carbocycles. The first-order valence-corrected chi connectivity index (χ1v) is 10.3. The third-order valence-corrected chi connectivity index (χ3v) is 5.76. The highest BCUT2D eigenvalue weighted by atomic mass is 19.4. The summed E-state index contributed by atoms with van der Waals surface area (Å²) in [6.07, 6.45) is -3.45. The third kappa shape index (κ3) is 5.12. The normalized spacial score (nSPS) is 21.0. The highest BCUT2D eigenvalue weighted by Gasteiger charge is 2.31. The number of alkyl halides is 3. The molecule has 0 atom stereocenters. The highest BCUT2D eigenvalue weighted by molar-refractivity contribution is 5.91. The van der Waals surface area contributed by atoms with Gasteiger partial charge in [-0.3, -0.25) is 4.79 Å². The van der Waals surface area contributed by atoms with Gasteiger partial charge in [0.25, 0.3) is 5.91 Å². The summed E-state index contributed by atoms with van der Waals surface area (Å²) in [6.45, 7) is 5.62. The summed E-state index contributed by atoms with van der Waals surface area (Å²) in [5.74, 6) is 0.737. The highest BCUT2D eigenvalue weighted by Crippen LogP contribution is 2.30. The lowest BCUT2D eigenvalue weighted by atomic mass is 10.1. The van der Waals surface area contributed by atoms with E-state index in [9.17, 15) is 18.0 Å². The van der Waals surface area contributed by atoms with Gasteiger partial charge in [0.05, 0.1) is 12.2 Å². The maximum Gasteiger partial charge on any atom is 0.416 e. The van der Waals surface area contributed by atoms with Crippen molar-refractivity contribution in [2.24, 2.45) is 0 Å². The lowest BCUT2D eigenvalue weighted by molar-refractivity contribution is -1.02. The molecular weight excluding hydrogens is 395 g/mol. The van der Waals surface area contributed by atoms with Crippen LogP contribution in [0.1, 0.15) is 16.7 Å². The van der Waals surface area contributed by atoms with Gasteiger partial charge < -0.3 is 19.9 Å². The van der Waals surface area contributed by atoms with E-state index < -0.39 is 11.7 Å². The van der Waals surface area contributed by atoms with Gasteiger partial charge >= 0.3 is 6.18 Å². The number of benzene rings is 2. The summed E-state index contributed by atoms with van der Waals surface area (Å²) in [5, 5.41) is 2.60. The molecule has 2 aliphatic heterocycles. The predicted molar refractivity (Wildman–Crippen MR) is 106 cm³/mol. The zero-order valence-electron chi connectivity index (χ0n) is 16.6. The molecule has 1 amide bonds. The standard InChI is InChI=1S/C22H24F3N3O2/c23-22(24,25)18-2-1-3-19(13-18)26-21(29)15-28-9-7-27(8-10-28)14-16-4-5-20-17(12-16)6-11-30-20/h1-5,12-13H,6-11,14-15H2,(H,26,29)/p+2. The number of rotatable bonds is 5. The van der Waals surface area contributed by atoms with E-state index in [1.807, 2.05) is 0 Å². The number of ether oxygens (including phenoxy) is 1. The number of halogens is 3. The van der Waals surface area contributed by atoms with Crippen LogP contribution in [0.15, 0.2) is 42.5 Å². The van der Waals surface area contributed by atoms with Gasteiger partial charge in [-0.15, -0.1) is 0 Å². The molecule has 0 unspecified atom stereocenters. The van der Waals surface area contributed by atoms with Crippen LogP contribution in [-0.2, 0) is 23.9 Å². The van der Waals surface area contributed by atoms with Crippen LogP contribution >= 0.6 is 0 Å². The molecule has 0 bridgehead atoms. The fraction of sp³-hybridized carbons (Fsp3) is 0.409. The Bertz CT molecular complexity index is 909. The van der Waals surface area contributed by atoms with Crippen LogP contribution in [0.4, 0.5) is 18.9 Å². The van der Waals surface area contributed by atoms with Gasteiger partial charge in [-0.1, -0.05) is 6.07 Å². The second-order valence-electron chi connectivity index (χ2n) is 8.02. The number of fused-ring (bicyclic) bond motifs is 1. The molecule has 0 radical (unpaired) electrons. The van der Waals surface area contributed by atoms with Crippen molar-refractivity contribution >= 4 is 11.6 Å². The third-order valence-electron chi connectivity index (χ3n) is 5.76. The van der Waals surface area contributed by atoms with Gasteiger partial charge in [0.2, 0.25) is 0 Å². The first-order valence-electron chi connectivity index (χ1n) is 10.3. The molecule has 0 aromatic heterocycles. The van der Waals surface area contributed by atoms with Crippen LogP contribution in [0.3, 0.4) is 0 Å². The second kappa shape index (κ2) is 8.65. The Balaban J connectivity index is 1.24. The Labute approximate surface area is 173 Å². The maximum absolute atomic E-state index is 12.8. The molecule has 160 valence electrons. The SMILES string of the molecule is O=C(C[NH+]1CC[NH+](Cc2ccc3c(c2)CCO3)CC1)Nc1cccc(C(F)(F)F)c1. The smallest absolute Gasteiger partial charge is 0.416 e. The average Bonchev–Trinajstić information content (AvgIpc) is 3.17. The minimum Gasteiger partial charge on any atom is -0.493 e. The van der Waals surface area contributed by atoms with E-state index in [2.05, 4.69) is 23.5 Å². The zero-order valence-corrected chi connectivity index (χ0v) is 16.6. The largest absolute Gasteiger partial charge is 0.493 e. The summed E-state index contributed by atoms with van der Waals surface area (Å²) in [4.78, 5) is 14.9. The van der Waals surface area contributed by atoms with E-state index in [1.165, 1.54) is 28.2 Å². The van der Waals surface area contributed by atoms with Gasteiger partial charge in [-0.25, -0.2) is 0 Å². The van der Waals surface area contributed by atoms with Crippen LogP contribution in [-0.4, -0.2) is 45.2 Å². The molecule has 4 rings (SSSR count). The van der Waals surface area contributed by atoms with Crippen molar-refractivity contribution in [3.63, 3.8) is 0 Å². The zero-order chi connectivity index (χ0) is 21.1. The first-order chi connectivity index (χ1) is 14.4. The van der Waals surface area contributed by atoms with Crippen molar-refractivity contribution in [3.8, 4) is 5.75 Å². The lowest BCUT2D eigenvalue weighted by Gasteiger charge is -2.29. The van der Waals surface area contributed by atoms with E-state index in [1.54, 1.807) is 0 Å². The monoisotopic (exact) mass is 421 g/mol. The Hall–Kier alpha value is -2.58. The Morgan fingerprint density at radius 1 is 1.03 bits per heavy atom. The van der Waals surface area contributed by atoms with Gasteiger partial charge in [0.15, 0.2) is 6.54 Å². The number of piperazine rings is 1. The summed E-state index contributed by atoms with van der Waals surface area (Å²) >= 11 is 0. The van der Waals surface area contributed by atoms with Gasteiger partial charge in [0.1, 0.15) is 38.5 Å². The van der Waals surface area contributed by atoms with E-state index in [-0.39, 0.29) is 18.1 Å². The van der Waals surface area contributed by atoms with Gasteiger partial charge in [-0.05, 0) is 42.0 Å². The number of carbonyl (C=O) groups excluding carboxylic acids is 1. The van der Waals surface area contributed by atoms with Crippen molar-refractivity contribution < 1.29 is 32.5 Å². The molecule has 8 heteroatoms. The van der Waals surface area contributed by atoms with Crippen molar-refractivity contribution in [2.75, 3.05) is 44.6 Å². The molecule has 2 aromatic carbocycles. The minimum atomic E-state index is -4.42. The lowest BCUT2D eigenvalue weighted by Crippen LogP contribution is -3.28.